The Morgan fingerprint density at radius 3 is 2.13 bits per heavy atom. The predicted octanol–water partition coefficient (Wildman–Crippen LogP) is 3.79. The Morgan fingerprint density at radius 1 is 1.00 bits per heavy atom. The van der Waals surface area contributed by atoms with Gasteiger partial charge in [0.05, 0.1) is 0 Å². The molecule has 0 bridgehead atoms. The van der Waals surface area contributed by atoms with E-state index in [1.54, 1.807) is 0 Å². The average Bonchev–Trinajstić information content (AvgIpc) is 2.09. The standard InChI is InChI=1S/C14H22O/c1-10(2)7-12-5-6-14(15)13(9-12)8-11(3)4/h5-6,9-11,15H,7-8H2,1-4H3. The maximum Gasteiger partial charge on any atom is 0.118 e. The highest BCUT2D eigenvalue weighted by atomic mass is 16.3. The second-order valence-electron chi connectivity index (χ2n) is 5.16. The molecule has 0 aromatic heterocycles. The summed E-state index contributed by atoms with van der Waals surface area (Å²) in [6.07, 6.45) is 2.04. The third-order valence-corrected chi connectivity index (χ3v) is 2.42. The van der Waals surface area contributed by atoms with Gasteiger partial charge in [0, 0.05) is 0 Å². The van der Waals surface area contributed by atoms with E-state index in [1.165, 1.54) is 5.56 Å². The zero-order valence-electron chi connectivity index (χ0n) is 10.2. The smallest absolute Gasteiger partial charge is 0.118 e. The van der Waals surface area contributed by atoms with E-state index in [1.807, 2.05) is 12.1 Å². The van der Waals surface area contributed by atoms with Crippen LogP contribution in [0.15, 0.2) is 18.2 Å². The molecule has 1 aromatic carbocycles. The summed E-state index contributed by atoms with van der Waals surface area (Å²) in [4.78, 5) is 0. The number of benzene rings is 1. The van der Waals surface area contributed by atoms with Gasteiger partial charge >= 0.3 is 0 Å². The van der Waals surface area contributed by atoms with Gasteiger partial charge in [-0.25, -0.2) is 0 Å². The van der Waals surface area contributed by atoms with Crippen LogP contribution in [0.4, 0.5) is 0 Å². The van der Waals surface area contributed by atoms with Gasteiger partial charge in [-0.3, -0.25) is 0 Å². The van der Waals surface area contributed by atoms with Crippen molar-refractivity contribution in [2.24, 2.45) is 11.8 Å². The fourth-order valence-corrected chi connectivity index (χ4v) is 1.84. The van der Waals surface area contributed by atoms with Crippen LogP contribution in [0.5, 0.6) is 5.75 Å². The van der Waals surface area contributed by atoms with Gasteiger partial charge in [-0.2, -0.15) is 0 Å². The fraction of sp³-hybridized carbons (Fsp3) is 0.571. The molecule has 0 fully saturated rings. The van der Waals surface area contributed by atoms with Gasteiger partial charge < -0.3 is 5.11 Å². The minimum absolute atomic E-state index is 0.441. The van der Waals surface area contributed by atoms with Crippen LogP contribution in [-0.2, 0) is 12.8 Å². The van der Waals surface area contributed by atoms with E-state index in [9.17, 15) is 5.11 Å². The molecule has 0 aliphatic carbocycles. The first kappa shape index (κ1) is 12.1. The molecule has 15 heavy (non-hydrogen) atoms. The normalized spacial score (nSPS) is 11.3. The number of hydrogen-bond acceptors (Lipinski definition) is 1. The molecule has 1 nitrogen and oxygen atoms in total. The van der Waals surface area contributed by atoms with E-state index in [-0.39, 0.29) is 0 Å². The molecule has 0 unspecified atom stereocenters. The van der Waals surface area contributed by atoms with Crippen LogP contribution < -0.4 is 0 Å². The van der Waals surface area contributed by atoms with Crippen LogP contribution in [0.25, 0.3) is 0 Å². The molecule has 1 heteroatoms. The van der Waals surface area contributed by atoms with Crippen molar-refractivity contribution in [3.8, 4) is 5.75 Å². The summed E-state index contributed by atoms with van der Waals surface area (Å²) >= 11 is 0. The highest BCUT2D eigenvalue weighted by molar-refractivity contribution is 5.36. The van der Waals surface area contributed by atoms with E-state index < -0.39 is 0 Å². The fourth-order valence-electron chi connectivity index (χ4n) is 1.84. The van der Waals surface area contributed by atoms with Crippen molar-refractivity contribution in [3.63, 3.8) is 0 Å². The highest BCUT2D eigenvalue weighted by Crippen LogP contribution is 2.22. The molecule has 0 heterocycles. The largest absolute Gasteiger partial charge is 0.508 e. The molecular weight excluding hydrogens is 184 g/mol. The van der Waals surface area contributed by atoms with Crippen molar-refractivity contribution in [3.05, 3.63) is 29.3 Å². The summed E-state index contributed by atoms with van der Waals surface area (Å²) in [7, 11) is 0. The van der Waals surface area contributed by atoms with Crippen LogP contribution in [0, 0.1) is 11.8 Å². The van der Waals surface area contributed by atoms with Gasteiger partial charge in [0.25, 0.3) is 0 Å². The molecule has 0 amide bonds. The van der Waals surface area contributed by atoms with Gasteiger partial charge in [0.2, 0.25) is 0 Å². The quantitative estimate of drug-likeness (QED) is 0.794. The zero-order chi connectivity index (χ0) is 11.4. The van der Waals surface area contributed by atoms with Crippen LogP contribution in [0.1, 0.15) is 38.8 Å². The molecule has 0 saturated carbocycles. The second kappa shape index (κ2) is 5.20. The van der Waals surface area contributed by atoms with Gasteiger partial charge in [-0.15, -0.1) is 0 Å². The molecule has 1 aromatic rings. The Hall–Kier alpha value is -0.980. The number of rotatable bonds is 4. The van der Waals surface area contributed by atoms with Gasteiger partial charge in [-0.05, 0) is 41.9 Å². The molecule has 0 aliphatic heterocycles. The van der Waals surface area contributed by atoms with Gasteiger partial charge in [0.15, 0.2) is 0 Å². The summed E-state index contributed by atoms with van der Waals surface area (Å²) in [6, 6.07) is 6.00. The summed E-state index contributed by atoms with van der Waals surface area (Å²) in [5.74, 6) is 1.70. The Bertz CT molecular complexity index is 313. The first-order chi connectivity index (χ1) is 6.99. The first-order valence-electron chi connectivity index (χ1n) is 5.79. The van der Waals surface area contributed by atoms with Gasteiger partial charge in [-0.1, -0.05) is 39.8 Å². The van der Waals surface area contributed by atoms with Gasteiger partial charge in [0.1, 0.15) is 5.75 Å². The maximum absolute atomic E-state index is 9.72. The minimum atomic E-state index is 0.441. The Balaban J connectivity index is 2.85. The molecule has 84 valence electrons. The van der Waals surface area contributed by atoms with Crippen molar-refractivity contribution in [2.45, 2.75) is 40.5 Å². The Labute approximate surface area is 93.1 Å². The molecule has 0 saturated heterocycles. The number of hydrogen-bond donors (Lipinski definition) is 1. The number of aromatic hydroxyl groups is 1. The van der Waals surface area contributed by atoms with E-state index >= 15 is 0 Å². The lowest BCUT2D eigenvalue weighted by Gasteiger charge is -2.11. The van der Waals surface area contributed by atoms with Crippen LogP contribution in [0.2, 0.25) is 0 Å². The summed E-state index contributed by atoms with van der Waals surface area (Å²) < 4.78 is 0. The van der Waals surface area contributed by atoms with E-state index in [0.29, 0.717) is 17.6 Å². The van der Waals surface area contributed by atoms with E-state index in [4.69, 9.17) is 0 Å². The average molecular weight is 206 g/mol. The second-order valence-corrected chi connectivity index (χ2v) is 5.16. The zero-order valence-corrected chi connectivity index (χ0v) is 10.2. The molecule has 0 radical (unpaired) electrons. The van der Waals surface area contributed by atoms with E-state index in [0.717, 1.165) is 18.4 Å². The summed E-state index contributed by atoms with van der Waals surface area (Å²) in [6.45, 7) is 8.78. The monoisotopic (exact) mass is 206 g/mol. The summed E-state index contributed by atoms with van der Waals surface area (Å²) in [5.41, 5.74) is 2.42. The number of phenolic OH excluding ortho intramolecular Hbond substituents is 1. The lowest BCUT2D eigenvalue weighted by molar-refractivity contribution is 0.462. The van der Waals surface area contributed by atoms with E-state index in [2.05, 4.69) is 33.8 Å². The summed E-state index contributed by atoms with van der Waals surface area (Å²) in [5, 5.41) is 9.72. The van der Waals surface area contributed by atoms with Crippen molar-refractivity contribution in [2.75, 3.05) is 0 Å². The molecule has 0 atom stereocenters. The van der Waals surface area contributed by atoms with Crippen molar-refractivity contribution >= 4 is 0 Å². The minimum Gasteiger partial charge on any atom is -0.508 e. The molecule has 1 rings (SSSR count). The molecule has 0 spiro atoms. The van der Waals surface area contributed by atoms with Crippen LogP contribution in [0.3, 0.4) is 0 Å². The van der Waals surface area contributed by atoms with Crippen LogP contribution >= 0.6 is 0 Å². The Morgan fingerprint density at radius 2 is 1.60 bits per heavy atom. The van der Waals surface area contributed by atoms with Crippen LogP contribution in [-0.4, -0.2) is 5.11 Å². The predicted molar refractivity (Wildman–Crippen MR) is 65.2 cm³/mol. The topological polar surface area (TPSA) is 20.2 Å². The third-order valence-electron chi connectivity index (χ3n) is 2.42. The Kier molecular flexibility index (Phi) is 4.19. The number of phenols is 1. The highest BCUT2D eigenvalue weighted by Gasteiger charge is 2.06. The lowest BCUT2D eigenvalue weighted by atomic mass is 9.96. The SMILES string of the molecule is CC(C)Cc1ccc(O)c(CC(C)C)c1. The third kappa shape index (κ3) is 3.94. The lowest BCUT2D eigenvalue weighted by Crippen LogP contribution is -1.98. The van der Waals surface area contributed by atoms with Crippen molar-refractivity contribution in [1.82, 2.24) is 0 Å². The van der Waals surface area contributed by atoms with Crippen molar-refractivity contribution in [1.29, 1.82) is 0 Å². The molecule has 1 N–H and O–H groups in total. The first-order valence-corrected chi connectivity index (χ1v) is 5.79. The van der Waals surface area contributed by atoms with Crippen molar-refractivity contribution < 1.29 is 5.11 Å². The maximum atomic E-state index is 9.72. The molecular formula is C14H22O. The molecule has 0 aliphatic rings.